The van der Waals surface area contributed by atoms with Crippen LogP contribution in [-0.4, -0.2) is 23.5 Å². The molecule has 0 spiro atoms. The van der Waals surface area contributed by atoms with Crippen molar-refractivity contribution < 1.29 is 4.79 Å². The largest absolute Gasteiger partial charge is 0.329 e. The summed E-state index contributed by atoms with van der Waals surface area (Å²) in [6, 6.07) is 0. The molecule has 0 aromatic rings. The lowest BCUT2D eigenvalue weighted by Crippen LogP contribution is -2.29. The summed E-state index contributed by atoms with van der Waals surface area (Å²) in [6.07, 6.45) is 2.46. The van der Waals surface area contributed by atoms with Gasteiger partial charge < -0.3 is 5.73 Å². The normalized spacial score (nSPS) is 12.5. The fourth-order valence-electron chi connectivity index (χ4n) is 0.812. The number of carbonyl (C=O) groups excluding carboxylic acids is 1. The Hall–Kier alpha value is -0.260. The Morgan fingerprint density at radius 3 is 2.77 bits per heavy atom. The molecular formula is C8H19N3OS. The fraction of sp³-hybridized carbons (Fsp3) is 0.875. The maximum atomic E-state index is 10.7. The van der Waals surface area contributed by atoms with Gasteiger partial charge in [-0.3, -0.25) is 10.2 Å². The predicted octanol–water partition coefficient (Wildman–Crippen LogP) is 0.227. The first-order chi connectivity index (χ1) is 6.20. The van der Waals surface area contributed by atoms with Crippen LogP contribution in [0.3, 0.4) is 0 Å². The molecule has 0 aromatic heterocycles. The van der Waals surface area contributed by atoms with Gasteiger partial charge in [0.15, 0.2) is 0 Å². The molecule has 0 saturated heterocycles. The molecule has 5 N–H and O–H groups in total. The highest BCUT2D eigenvalue weighted by Crippen LogP contribution is 2.11. The first kappa shape index (κ1) is 12.7. The summed E-state index contributed by atoms with van der Waals surface area (Å²) < 4.78 is 0. The molecule has 0 aliphatic carbocycles. The maximum Gasteiger partial charge on any atom is 0.233 e. The Balaban J connectivity index is 3.12. The van der Waals surface area contributed by atoms with Gasteiger partial charge in [-0.25, -0.2) is 5.84 Å². The highest BCUT2D eigenvalue weighted by atomic mass is 32.2. The molecule has 0 saturated carbocycles. The van der Waals surface area contributed by atoms with Crippen molar-refractivity contribution in [2.75, 3.05) is 12.3 Å². The second-order valence-electron chi connectivity index (χ2n) is 2.94. The number of unbranched alkanes of at least 4 members (excludes halogenated alkanes) is 1. The Labute approximate surface area is 83.8 Å². The number of rotatable bonds is 7. The van der Waals surface area contributed by atoms with Gasteiger partial charge in [-0.1, -0.05) is 6.92 Å². The van der Waals surface area contributed by atoms with Gasteiger partial charge in [-0.05, 0) is 18.6 Å². The topological polar surface area (TPSA) is 81.1 Å². The van der Waals surface area contributed by atoms with Gasteiger partial charge in [0, 0.05) is 18.2 Å². The van der Waals surface area contributed by atoms with Crippen LogP contribution < -0.4 is 17.0 Å². The summed E-state index contributed by atoms with van der Waals surface area (Å²) in [4.78, 5) is 10.7. The molecular weight excluding hydrogens is 186 g/mol. The fourth-order valence-corrected chi connectivity index (χ4v) is 1.72. The van der Waals surface area contributed by atoms with E-state index in [0.717, 1.165) is 18.6 Å². The van der Waals surface area contributed by atoms with E-state index >= 15 is 0 Å². The Kier molecular flexibility index (Phi) is 8.18. The number of hydrogen-bond donors (Lipinski definition) is 3. The van der Waals surface area contributed by atoms with E-state index in [-0.39, 0.29) is 5.91 Å². The van der Waals surface area contributed by atoms with E-state index in [1.165, 1.54) is 0 Å². The lowest BCUT2D eigenvalue weighted by atomic mass is 10.2. The second-order valence-corrected chi connectivity index (χ2v) is 4.49. The van der Waals surface area contributed by atoms with Crippen LogP contribution in [-0.2, 0) is 4.79 Å². The van der Waals surface area contributed by atoms with Gasteiger partial charge in [-0.15, -0.1) is 0 Å². The van der Waals surface area contributed by atoms with Crippen LogP contribution in [0, 0.1) is 0 Å². The lowest BCUT2D eigenvalue weighted by molar-refractivity contribution is -0.121. The smallest absolute Gasteiger partial charge is 0.233 e. The Morgan fingerprint density at radius 2 is 2.23 bits per heavy atom. The molecule has 1 unspecified atom stereocenters. The van der Waals surface area contributed by atoms with E-state index < -0.39 is 0 Å². The zero-order chi connectivity index (χ0) is 10.1. The van der Waals surface area contributed by atoms with Crippen molar-refractivity contribution in [3.8, 4) is 0 Å². The first-order valence-corrected chi connectivity index (χ1v) is 5.56. The minimum Gasteiger partial charge on any atom is -0.329 e. The number of thioether (sulfide) groups is 1. The molecule has 0 aliphatic rings. The van der Waals surface area contributed by atoms with Gasteiger partial charge >= 0.3 is 0 Å². The molecule has 13 heavy (non-hydrogen) atoms. The molecule has 5 heteroatoms. The van der Waals surface area contributed by atoms with Crippen molar-refractivity contribution in [1.29, 1.82) is 0 Å². The highest BCUT2D eigenvalue weighted by Gasteiger charge is 2.00. The minimum absolute atomic E-state index is 0.0862. The van der Waals surface area contributed by atoms with Crippen molar-refractivity contribution in [1.82, 2.24) is 5.43 Å². The average molecular weight is 205 g/mol. The van der Waals surface area contributed by atoms with Gasteiger partial charge in [-0.2, -0.15) is 11.8 Å². The quantitative estimate of drug-likeness (QED) is 0.240. The van der Waals surface area contributed by atoms with E-state index in [9.17, 15) is 4.79 Å². The van der Waals surface area contributed by atoms with Crippen LogP contribution in [0.15, 0.2) is 0 Å². The third kappa shape index (κ3) is 8.08. The lowest BCUT2D eigenvalue weighted by Gasteiger charge is -2.06. The van der Waals surface area contributed by atoms with Crippen LogP contribution in [0.4, 0.5) is 0 Å². The molecule has 0 fully saturated rings. The van der Waals surface area contributed by atoms with Gasteiger partial charge in [0.05, 0.1) is 0 Å². The van der Waals surface area contributed by atoms with Crippen molar-refractivity contribution in [2.24, 2.45) is 11.6 Å². The van der Waals surface area contributed by atoms with Crippen molar-refractivity contribution in [3.05, 3.63) is 0 Å². The Morgan fingerprint density at radius 1 is 1.54 bits per heavy atom. The molecule has 1 amide bonds. The number of nitrogens with two attached hydrogens (primary N) is 2. The standard InChI is InChI=1S/C8H19N3OS/c1-7(6-9)13-5-3-2-4-8(12)11-10/h7H,2-6,9-10H2,1H3,(H,11,12). The van der Waals surface area contributed by atoms with Crippen molar-refractivity contribution >= 4 is 17.7 Å². The number of carbonyl (C=O) groups is 1. The average Bonchev–Trinajstić information content (AvgIpc) is 2.16. The summed E-state index contributed by atoms with van der Waals surface area (Å²) in [5.74, 6) is 5.91. The first-order valence-electron chi connectivity index (χ1n) is 4.51. The van der Waals surface area contributed by atoms with Gasteiger partial charge in [0.2, 0.25) is 5.91 Å². The Bertz CT molecular complexity index is 143. The van der Waals surface area contributed by atoms with Crippen LogP contribution in [0.25, 0.3) is 0 Å². The molecule has 0 heterocycles. The highest BCUT2D eigenvalue weighted by molar-refractivity contribution is 7.99. The second kappa shape index (κ2) is 8.34. The van der Waals surface area contributed by atoms with Gasteiger partial charge in [0.1, 0.15) is 0 Å². The molecule has 1 atom stereocenters. The van der Waals surface area contributed by atoms with E-state index in [1.807, 2.05) is 11.8 Å². The van der Waals surface area contributed by atoms with E-state index in [0.29, 0.717) is 18.2 Å². The third-order valence-corrected chi connectivity index (χ3v) is 2.98. The summed E-state index contributed by atoms with van der Waals surface area (Å²) >= 11 is 1.85. The molecule has 0 bridgehead atoms. The molecule has 78 valence electrons. The zero-order valence-electron chi connectivity index (χ0n) is 8.08. The third-order valence-electron chi connectivity index (χ3n) is 1.69. The SMILES string of the molecule is CC(CN)SCCCCC(=O)NN. The number of hydrogen-bond acceptors (Lipinski definition) is 4. The van der Waals surface area contributed by atoms with Crippen LogP contribution in [0.5, 0.6) is 0 Å². The monoisotopic (exact) mass is 205 g/mol. The summed E-state index contributed by atoms with van der Waals surface area (Å²) in [5, 5.41) is 0.517. The van der Waals surface area contributed by atoms with Crippen LogP contribution >= 0.6 is 11.8 Å². The minimum atomic E-state index is -0.0862. The van der Waals surface area contributed by atoms with E-state index in [2.05, 4.69) is 12.3 Å². The summed E-state index contributed by atoms with van der Waals surface area (Å²) in [6.45, 7) is 2.82. The molecule has 0 rings (SSSR count). The number of nitrogens with one attached hydrogen (secondary N) is 1. The molecule has 4 nitrogen and oxygen atoms in total. The predicted molar refractivity (Wildman–Crippen MR) is 57.2 cm³/mol. The summed E-state index contributed by atoms with van der Waals surface area (Å²) in [7, 11) is 0. The van der Waals surface area contributed by atoms with Crippen LogP contribution in [0.1, 0.15) is 26.2 Å². The molecule has 0 aliphatic heterocycles. The van der Waals surface area contributed by atoms with Crippen molar-refractivity contribution in [3.63, 3.8) is 0 Å². The van der Waals surface area contributed by atoms with Gasteiger partial charge in [0.25, 0.3) is 0 Å². The molecule has 0 aromatic carbocycles. The van der Waals surface area contributed by atoms with E-state index in [4.69, 9.17) is 11.6 Å². The van der Waals surface area contributed by atoms with Crippen molar-refractivity contribution in [2.45, 2.75) is 31.4 Å². The summed E-state index contributed by atoms with van der Waals surface area (Å²) in [5.41, 5.74) is 7.57. The zero-order valence-corrected chi connectivity index (χ0v) is 8.90. The number of amides is 1. The maximum absolute atomic E-state index is 10.7. The van der Waals surface area contributed by atoms with Crippen LogP contribution in [0.2, 0.25) is 0 Å². The molecule has 0 radical (unpaired) electrons. The number of hydrazine groups is 1. The van der Waals surface area contributed by atoms with E-state index in [1.54, 1.807) is 0 Å².